The second-order valence-electron chi connectivity index (χ2n) is 5.40. The quantitative estimate of drug-likeness (QED) is 0.921. The summed E-state index contributed by atoms with van der Waals surface area (Å²) in [5, 5.41) is 3.65. The summed E-state index contributed by atoms with van der Waals surface area (Å²) in [7, 11) is 3.93. The molecule has 116 valence electrons. The molecule has 4 nitrogen and oxygen atoms in total. The summed E-state index contributed by atoms with van der Waals surface area (Å²) in [6.07, 6.45) is 1.59. The molecule has 2 rings (SSSR count). The molecule has 2 aromatic rings. The van der Waals surface area contributed by atoms with E-state index in [0.29, 0.717) is 17.1 Å². The van der Waals surface area contributed by atoms with Crippen molar-refractivity contribution < 1.29 is 4.79 Å². The molecule has 1 atom stereocenters. The maximum Gasteiger partial charge on any atom is 0.252 e. The number of rotatable bonds is 5. The smallest absolute Gasteiger partial charge is 0.252 e. The van der Waals surface area contributed by atoms with Crippen molar-refractivity contribution in [1.29, 1.82) is 0 Å². The highest BCUT2D eigenvalue weighted by molar-refractivity contribution is 6.31. The predicted molar refractivity (Wildman–Crippen MR) is 89.2 cm³/mol. The molecular weight excluding hydrogens is 298 g/mol. The van der Waals surface area contributed by atoms with E-state index < -0.39 is 0 Å². The van der Waals surface area contributed by atoms with E-state index in [1.807, 2.05) is 56.3 Å². The van der Waals surface area contributed by atoms with Gasteiger partial charge >= 0.3 is 0 Å². The van der Waals surface area contributed by atoms with Crippen LogP contribution >= 0.6 is 11.6 Å². The lowest BCUT2D eigenvalue weighted by atomic mass is 10.1. The molecule has 1 N–H and O–H groups in total. The topological polar surface area (TPSA) is 45.2 Å². The fourth-order valence-corrected chi connectivity index (χ4v) is 2.47. The number of hydrogen-bond acceptors (Lipinski definition) is 3. The third kappa shape index (κ3) is 4.06. The Morgan fingerprint density at radius 3 is 2.59 bits per heavy atom. The number of likely N-dealkylation sites (N-methyl/N-ethyl adjacent to an activating group) is 1. The SMILES string of the molecule is Cc1ccc(C(=O)NCC(c2ccccc2Cl)N(C)C)cn1. The van der Waals surface area contributed by atoms with E-state index in [0.717, 1.165) is 11.3 Å². The van der Waals surface area contributed by atoms with E-state index in [4.69, 9.17) is 11.6 Å². The standard InChI is InChI=1S/C17H20ClN3O/c1-12-8-9-13(10-19-12)17(22)20-11-16(21(2)3)14-6-4-5-7-15(14)18/h4-10,16H,11H2,1-3H3,(H,20,22). The minimum absolute atomic E-state index is 0.0102. The van der Waals surface area contributed by atoms with Crippen LogP contribution in [0, 0.1) is 6.92 Å². The van der Waals surface area contributed by atoms with Crippen molar-refractivity contribution in [3.8, 4) is 0 Å². The molecule has 1 unspecified atom stereocenters. The molecule has 1 heterocycles. The van der Waals surface area contributed by atoms with Crippen LogP contribution in [0.25, 0.3) is 0 Å². The Morgan fingerprint density at radius 2 is 2.00 bits per heavy atom. The first-order valence-corrected chi connectivity index (χ1v) is 7.48. The van der Waals surface area contributed by atoms with Gasteiger partial charge in [-0.25, -0.2) is 0 Å². The number of amides is 1. The second-order valence-corrected chi connectivity index (χ2v) is 5.81. The molecule has 1 aromatic heterocycles. The normalized spacial score (nSPS) is 12.2. The van der Waals surface area contributed by atoms with Gasteiger partial charge in [0.05, 0.1) is 11.6 Å². The fourth-order valence-electron chi connectivity index (χ4n) is 2.21. The highest BCUT2D eigenvalue weighted by Crippen LogP contribution is 2.25. The maximum absolute atomic E-state index is 12.2. The second kappa shape index (κ2) is 7.38. The van der Waals surface area contributed by atoms with Crippen LogP contribution in [0.2, 0.25) is 5.02 Å². The first-order chi connectivity index (χ1) is 10.5. The van der Waals surface area contributed by atoms with E-state index in [2.05, 4.69) is 10.3 Å². The zero-order chi connectivity index (χ0) is 16.1. The lowest BCUT2D eigenvalue weighted by Gasteiger charge is -2.26. The molecule has 0 bridgehead atoms. The van der Waals surface area contributed by atoms with Crippen molar-refractivity contribution in [2.75, 3.05) is 20.6 Å². The van der Waals surface area contributed by atoms with Crippen LogP contribution in [0.3, 0.4) is 0 Å². The van der Waals surface area contributed by atoms with Gasteiger partial charge in [0.15, 0.2) is 0 Å². The van der Waals surface area contributed by atoms with E-state index in [1.165, 1.54) is 0 Å². The Labute approximate surface area is 136 Å². The minimum Gasteiger partial charge on any atom is -0.350 e. The Hall–Kier alpha value is -1.91. The molecule has 0 saturated heterocycles. The number of aryl methyl sites for hydroxylation is 1. The first kappa shape index (κ1) is 16.5. The average Bonchev–Trinajstić information content (AvgIpc) is 2.49. The van der Waals surface area contributed by atoms with Crippen LogP contribution in [0.4, 0.5) is 0 Å². The number of halogens is 1. The van der Waals surface area contributed by atoms with E-state index in [9.17, 15) is 4.79 Å². The lowest BCUT2D eigenvalue weighted by Crippen LogP contribution is -2.34. The molecule has 22 heavy (non-hydrogen) atoms. The third-order valence-corrected chi connectivity index (χ3v) is 3.86. The molecule has 0 aliphatic carbocycles. The Balaban J connectivity index is 2.08. The summed E-state index contributed by atoms with van der Waals surface area (Å²) in [6.45, 7) is 2.37. The van der Waals surface area contributed by atoms with Gasteiger partial charge in [-0.05, 0) is 44.8 Å². The van der Waals surface area contributed by atoms with E-state index >= 15 is 0 Å². The van der Waals surface area contributed by atoms with Gasteiger partial charge < -0.3 is 10.2 Å². The lowest BCUT2D eigenvalue weighted by molar-refractivity contribution is 0.0941. The van der Waals surface area contributed by atoms with Crippen molar-refractivity contribution in [2.24, 2.45) is 0 Å². The van der Waals surface area contributed by atoms with Gasteiger partial charge in [-0.3, -0.25) is 9.78 Å². The van der Waals surface area contributed by atoms with Crippen molar-refractivity contribution in [1.82, 2.24) is 15.2 Å². The number of nitrogens with one attached hydrogen (secondary N) is 1. The van der Waals surface area contributed by atoms with Gasteiger partial charge in [0.2, 0.25) is 0 Å². The number of benzene rings is 1. The predicted octanol–water partition coefficient (Wildman–Crippen LogP) is 3.08. The van der Waals surface area contributed by atoms with Gasteiger partial charge in [-0.2, -0.15) is 0 Å². The van der Waals surface area contributed by atoms with Crippen LogP contribution in [-0.2, 0) is 0 Å². The average molecular weight is 318 g/mol. The van der Waals surface area contributed by atoms with Gasteiger partial charge in [-0.1, -0.05) is 29.8 Å². The summed E-state index contributed by atoms with van der Waals surface area (Å²) in [4.78, 5) is 18.4. The summed E-state index contributed by atoms with van der Waals surface area (Å²) in [6, 6.07) is 11.3. The molecule has 0 aliphatic rings. The first-order valence-electron chi connectivity index (χ1n) is 7.10. The molecule has 0 aliphatic heterocycles. The van der Waals surface area contributed by atoms with Crippen molar-refractivity contribution >= 4 is 17.5 Å². The molecule has 5 heteroatoms. The number of carbonyl (C=O) groups is 1. The summed E-state index contributed by atoms with van der Waals surface area (Å²) < 4.78 is 0. The van der Waals surface area contributed by atoms with Gasteiger partial charge in [0.25, 0.3) is 5.91 Å². The van der Waals surface area contributed by atoms with Gasteiger partial charge in [0.1, 0.15) is 0 Å². The van der Waals surface area contributed by atoms with Gasteiger partial charge in [0, 0.05) is 23.5 Å². The monoisotopic (exact) mass is 317 g/mol. The number of carbonyl (C=O) groups excluding carboxylic acids is 1. The van der Waals surface area contributed by atoms with E-state index in [-0.39, 0.29) is 11.9 Å². The molecule has 0 radical (unpaired) electrons. The number of hydrogen-bond donors (Lipinski definition) is 1. The highest BCUT2D eigenvalue weighted by atomic mass is 35.5. The molecule has 1 amide bonds. The summed E-state index contributed by atoms with van der Waals surface area (Å²) in [5.41, 5.74) is 2.44. The molecule has 0 spiro atoms. The third-order valence-electron chi connectivity index (χ3n) is 3.52. The minimum atomic E-state index is -0.133. The number of pyridine rings is 1. The summed E-state index contributed by atoms with van der Waals surface area (Å²) in [5.74, 6) is -0.133. The van der Waals surface area contributed by atoms with Crippen molar-refractivity contribution in [3.05, 3.63) is 64.4 Å². The largest absolute Gasteiger partial charge is 0.350 e. The zero-order valence-electron chi connectivity index (χ0n) is 13.0. The van der Waals surface area contributed by atoms with Crippen LogP contribution in [-0.4, -0.2) is 36.4 Å². The number of nitrogens with zero attached hydrogens (tertiary/aromatic N) is 2. The maximum atomic E-state index is 12.2. The van der Waals surface area contributed by atoms with Crippen molar-refractivity contribution in [3.63, 3.8) is 0 Å². The molecule has 0 saturated carbocycles. The fraction of sp³-hybridized carbons (Fsp3) is 0.294. The molecular formula is C17H20ClN3O. The Morgan fingerprint density at radius 1 is 1.27 bits per heavy atom. The van der Waals surface area contributed by atoms with Crippen LogP contribution in [0.5, 0.6) is 0 Å². The van der Waals surface area contributed by atoms with Gasteiger partial charge in [-0.15, -0.1) is 0 Å². The van der Waals surface area contributed by atoms with Crippen LogP contribution < -0.4 is 5.32 Å². The number of aromatic nitrogens is 1. The Kier molecular flexibility index (Phi) is 5.52. The zero-order valence-corrected chi connectivity index (χ0v) is 13.8. The molecule has 1 aromatic carbocycles. The van der Waals surface area contributed by atoms with E-state index in [1.54, 1.807) is 12.3 Å². The summed E-state index contributed by atoms with van der Waals surface area (Å²) >= 11 is 6.26. The van der Waals surface area contributed by atoms with Crippen LogP contribution in [0.1, 0.15) is 27.7 Å². The van der Waals surface area contributed by atoms with Crippen LogP contribution in [0.15, 0.2) is 42.6 Å². The Bertz CT molecular complexity index is 641. The van der Waals surface area contributed by atoms with Crippen molar-refractivity contribution in [2.45, 2.75) is 13.0 Å². The highest BCUT2D eigenvalue weighted by Gasteiger charge is 2.18. The molecule has 0 fully saturated rings.